The van der Waals surface area contributed by atoms with Crippen molar-refractivity contribution in [1.29, 1.82) is 0 Å². The number of methoxy groups -OCH3 is 1. The molecule has 0 spiro atoms. The van der Waals surface area contributed by atoms with Crippen LogP contribution in [-0.4, -0.2) is 38.7 Å². The van der Waals surface area contributed by atoms with E-state index in [-0.39, 0.29) is 5.54 Å². The number of rotatable bonds is 2. The fourth-order valence-electron chi connectivity index (χ4n) is 2.50. The summed E-state index contributed by atoms with van der Waals surface area (Å²) in [6, 6.07) is 6.48. The largest absolute Gasteiger partial charge is 0.496 e. The van der Waals surface area contributed by atoms with Crippen LogP contribution in [0.5, 0.6) is 5.75 Å². The minimum atomic E-state index is 0.0787. The van der Waals surface area contributed by atoms with Crippen LogP contribution in [0, 0.1) is 6.92 Å². The number of likely N-dealkylation sites (N-methyl/N-ethyl adjacent to an activating group) is 1. The van der Waals surface area contributed by atoms with Crippen LogP contribution in [-0.2, 0) is 5.54 Å². The zero-order valence-electron chi connectivity index (χ0n) is 11.2. The Kier molecular flexibility index (Phi) is 3.40. The number of ether oxygens (including phenoxy) is 1. The first-order chi connectivity index (χ1) is 8.08. The normalized spacial score (nSPS) is 25.9. The van der Waals surface area contributed by atoms with Crippen LogP contribution in [0.4, 0.5) is 0 Å². The van der Waals surface area contributed by atoms with E-state index >= 15 is 0 Å². The lowest BCUT2D eigenvalue weighted by molar-refractivity contribution is 0.104. The molecule has 3 heteroatoms. The van der Waals surface area contributed by atoms with Crippen LogP contribution >= 0.6 is 0 Å². The summed E-state index contributed by atoms with van der Waals surface area (Å²) >= 11 is 0. The summed E-state index contributed by atoms with van der Waals surface area (Å²) in [5.74, 6) is 0.962. The highest BCUT2D eigenvalue weighted by atomic mass is 16.5. The molecule has 1 aliphatic rings. The van der Waals surface area contributed by atoms with E-state index in [2.05, 4.69) is 49.3 Å². The second kappa shape index (κ2) is 4.67. The lowest BCUT2D eigenvalue weighted by Gasteiger charge is -2.43. The van der Waals surface area contributed by atoms with E-state index in [1.165, 1.54) is 11.1 Å². The van der Waals surface area contributed by atoms with E-state index < -0.39 is 0 Å². The van der Waals surface area contributed by atoms with Gasteiger partial charge in [0.1, 0.15) is 5.75 Å². The van der Waals surface area contributed by atoms with E-state index in [9.17, 15) is 0 Å². The number of nitrogens with zero attached hydrogens (tertiary/aromatic N) is 1. The van der Waals surface area contributed by atoms with Crippen LogP contribution in [0.15, 0.2) is 18.2 Å². The topological polar surface area (TPSA) is 24.5 Å². The predicted molar refractivity (Wildman–Crippen MR) is 70.6 cm³/mol. The number of piperazine rings is 1. The van der Waals surface area contributed by atoms with Gasteiger partial charge in [-0.05, 0) is 38.1 Å². The molecule has 17 heavy (non-hydrogen) atoms. The average Bonchev–Trinajstić information content (AvgIpc) is 2.33. The Morgan fingerprint density at radius 1 is 1.41 bits per heavy atom. The Hall–Kier alpha value is -1.06. The van der Waals surface area contributed by atoms with Crippen LogP contribution < -0.4 is 10.1 Å². The van der Waals surface area contributed by atoms with Crippen molar-refractivity contribution in [3.05, 3.63) is 29.3 Å². The molecule has 1 aliphatic heterocycles. The van der Waals surface area contributed by atoms with Crippen molar-refractivity contribution in [3.63, 3.8) is 0 Å². The molecule has 1 unspecified atom stereocenters. The molecule has 3 nitrogen and oxygen atoms in total. The molecule has 0 aromatic heterocycles. The molecule has 1 heterocycles. The van der Waals surface area contributed by atoms with E-state index in [4.69, 9.17) is 4.74 Å². The first-order valence-electron chi connectivity index (χ1n) is 6.15. The summed E-state index contributed by atoms with van der Waals surface area (Å²) < 4.78 is 5.32. The van der Waals surface area contributed by atoms with Gasteiger partial charge >= 0.3 is 0 Å². The van der Waals surface area contributed by atoms with Gasteiger partial charge in [0.2, 0.25) is 0 Å². The fourth-order valence-corrected chi connectivity index (χ4v) is 2.50. The molecule has 1 atom stereocenters. The fraction of sp³-hybridized carbons (Fsp3) is 0.571. The smallest absolute Gasteiger partial charge is 0.121 e. The molecule has 1 N–H and O–H groups in total. The summed E-state index contributed by atoms with van der Waals surface area (Å²) in [4.78, 5) is 2.42. The van der Waals surface area contributed by atoms with Crippen molar-refractivity contribution < 1.29 is 4.74 Å². The highest BCUT2D eigenvalue weighted by molar-refractivity contribution is 5.39. The maximum Gasteiger partial charge on any atom is 0.121 e. The third-order valence-electron chi connectivity index (χ3n) is 3.95. The van der Waals surface area contributed by atoms with Crippen molar-refractivity contribution >= 4 is 0 Å². The van der Waals surface area contributed by atoms with Crippen molar-refractivity contribution in [1.82, 2.24) is 10.2 Å². The van der Waals surface area contributed by atoms with Crippen LogP contribution in [0.3, 0.4) is 0 Å². The van der Waals surface area contributed by atoms with Crippen molar-refractivity contribution in [3.8, 4) is 5.75 Å². The molecule has 0 amide bonds. The number of aryl methyl sites for hydroxylation is 1. The second-order valence-electron chi connectivity index (χ2n) is 5.06. The Labute approximate surface area is 104 Å². The molecule has 2 rings (SSSR count). The first kappa shape index (κ1) is 12.4. The van der Waals surface area contributed by atoms with Gasteiger partial charge in [-0.3, -0.25) is 4.90 Å². The van der Waals surface area contributed by atoms with Crippen LogP contribution in [0.25, 0.3) is 0 Å². The third-order valence-corrected chi connectivity index (χ3v) is 3.95. The van der Waals surface area contributed by atoms with Gasteiger partial charge in [-0.2, -0.15) is 0 Å². The number of hydrogen-bond acceptors (Lipinski definition) is 3. The number of hydrogen-bond donors (Lipinski definition) is 1. The zero-order valence-corrected chi connectivity index (χ0v) is 11.2. The minimum absolute atomic E-state index is 0.0787. The molecule has 94 valence electrons. The number of nitrogens with one attached hydrogen (secondary N) is 1. The van der Waals surface area contributed by atoms with Gasteiger partial charge in [-0.25, -0.2) is 0 Å². The van der Waals surface area contributed by atoms with E-state index in [1.54, 1.807) is 7.11 Å². The standard InChI is InChI=1S/C14H22N2O/c1-11-9-12(5-6-13(11)17-4)14(2)10-15-7-8-16(14)3/h5-6,9,15H,7-8,10H2,1-4H3. The van der Waals surface area contributed by atoms with Gasteiger partial charge in [0.25, 0.3) is 0 Å². The average molecular weight is 234 g/mol. The molecule has 0 saturated carbocycles. The third kappa shape index (κ3) is 2.17. The van der Waals surface area contributed by atoms with Crippen LogP contribution in [0.1, 0.15) is 18.1 Å². The lowest BCUT2D eigenvalue weighted by atomic mass is 9.87. The molecular formula is C14H22N2O. The molecular weight excluding hydrogens is 212 g/mol. The summed E-state index contributed by atoms with van der Waals surface area (Å²) in [6.07, 6.45) is 0. The molecule has 1 aromatic rings. The highest BCUT2D eigenvalue weighted by Crippen LogP contribution is 2.31. The summed E-state index contributed by atoms with van der Waals surface area (Å²) in [5.41, 5.74) is 2.63. The Bertz CT molecular complexity index is 405. The van der Waals surface area contributed by atoms with Gasteiger partial charge < -0.3 is 10.1 Å². The summed E-state index contributed by atoms with van der Waals surface area (Å²) in [5, 5.41) is 3.48. The van der Waals surface area contributed by atoms with Crippen molar-refractivity contribution in [2.24, 2.45) is 0 Å². The Balaban J connectivity index is 2.35. The molecule has 0 aliphatic carbocycles. The highest BCUT2D eigenvalue weighted by Gasteiger charge is 2.33. The van der Waals surface area contributed by atoms with Gasteiger partial charge in [-0.1, -0.05) is 12.1 Å². The maximum absolute atomic E-state index is 5.32. The zero-order chi connectivity index (χ0) is 12.5. The van der Waals surface area contributed by atoms with Gasteiger partial charge in [0.05, 0.1) is 12.6 Å². The molecule has 1 aromatic carbocycles. The van der Waals surface area contributed by atoms with Gasteiger partial charge in [-0.15, -0.1) is 0 Å². The molecule has 1 saturated heterocycles. The first-order valence-corrected chi connectivity index (χ1v) is 6.15. The van der Waals surface area contributed by atoms with E-state index in [0.29, 0.717) is 0 Å². The quantitative estimate of drug-likeness (QED) is 0.844. The van der Waals surface area contributed by atoms with Crippen LogP contribution in [0.2, 0.25) is 0 Å². The van der Waals surface area contributed by atoms with Gasteiger partial charge in [0.15, 0.2) is 0 Å². The molecule has 1 fully saturated rings. The summed E-state index contributed by atoms with van der Waals surface area (Å²) in [6.45, 7) is 7.54. The SMILES string of the molecule is COc1ccc(C2(C)CNCCN2C)cc1C. The van der Waals surface area contributed by atoms with E-state index in [0.717, 1.165) is 25.4 Å². The molecule has 0 bridgehead atoms. The van der Waals surface area contributed by atoms with Crippen molar-refractivity contribution in [2.45, 2.75) is 19.4 Å². The monoisotopic (exact) mass is 234 g/mol. The van der Waals surface area contributed by atoms with Crippen molar-refractivity contribution in [2.75, 3.05) is 33.8 Å². The molecule has 0 radical (unpaired) electrons. The Morgan fingerprint density at radius 3 is 2.76 bits per heavy atom. The van der Waals surface area contributed by atoms with Gasteiger partial charge in [0, 0.05) is 19.6 Å². The lowest BCUT2D eigenvalue weighted by Crippen LogP contribution is -2.55. The second-order valence-corrected chi connectivity index (χ2v) is 5.06. The minimum Gasteiger partial charge on any atom is -0.496 e. The predicted octanol–water partition coefficient (Wildman–Crippen LogP) is 1.75. The maximum atomic E-state index is 5.32. The van der Waals surface area contributed by atoms with E-state index in [1.807, 2.05) is 0 Å². The number of benzene rings is 1. The Morgan fingerprint density at radius 2 is 2.18 bits per heavy atom. The summed E-state index contributed by atoms with van der Waals surface area (Å²) in [7, 11) is 3.92.